The predicted octanol–water partition coefficient (Wildman–Crippen LogP) is 2.17. The molecule has 2 heterocycles. The van der Waals surface area contributed by atoms with Crippen LogP contribution in [0.5, 0.6) is 0 Å². The average Bonchev–Trinajstić information content (AvgIpc) is 3.05. The van der Waals surface area contributed by atoms with Crippen LogP contribution in [0.3, 0.4) is 0 Å². The Morgan fingerprint density at radius 1 is 0.941 bits per heavy atom. The van der Waals surface area contributed by atoms with Crippen LogP contribution in [0, 0.1) is 21.4 Å². The van der Waals surface area contributed by atoms with Crippen LogP contribution in [-0.4, -0.2) is 68.4 Å². The monoisotopic (exact) mass is 504 g/mol. The SMILES string of the molecule is N#Cc1ccc(S(=O)(=O)CCCN2C3CCC2CN(S(=O)(=O)c2ccc([N+](=O)[O-])cc2)C3)cc1. The second-order valence-corrected chi connectivity index (χ2v) is 12.6. The molecule has 12 heteroatoms. The summed E-state index contributed by atoms with van der Waals surface area (Å²) in [6.45, 7) is 1.16. The first kappa shape index (κ1) is 24.3. The van der Waals surface area contributed by atoms with E-state index in [1.807, 2.05) is 6.07 Å². The highest BCUT2D eigenvalue weighted by Crippen LogP contribution is 2.33. The third-order valence-corrected chi connectivity index (χ3v) is 10.1. The lowest BCUT2D eigenvalue weighted by Gasteiger charge is -2.40. The molecular formula is C22H24N4O6S2. The normalized spacial score (nSPS) is 21.3. The number of hydrogen-bond acceptors (Lipinski definition) is 8. The smallest absolute Gasteiger partial charge is 0.269 e. The van der Waals surface area contributed by atoms with E-state index in [1.54, 1.807) is 0 Å². The summed E-state index contributed by atoms with van der Waals surface area (Å²) < 4.78 is 52.8. The van der Waals surface area contributed by atoms with Crippen molar-refractivity contribution < 1.29 is 21.8 Å². The van der Waals surface area contributed by atoms with E-state index in [0.717, 1.165) is 12.8 Å². The fourth-order valence-electron chi connectivity index (χ4n) is 4.69. The van der Waals surface area contributed by atoms with Gasteiger partial charge in [-0.2, -0.15) is 9.57 Å². The number of rotatable bonds is 8. The van der Waals surface area contributed by atoms with Crippen LogP contribution in [-0.2, 0) is 19.9 Å². The van der Waals surface area contributed by atoms with Gasteiger partial charge in [0, 0.05) is 37.3 Å². The molecule has 180 valence electrons. The van der Waals surface area contributed by atoms with E-state index in [9.17, 15) is 26.9 Å². The number of non-ortho nitro benzene ring substituents is 1. The molecule has 2 aromatic carbocycles. The molecule has 0 spiro atoms. The van der Waals surface area contributed by atoms with Crippen LogP contribution < -0.4 is 0 Å². The Hall–Kier alpha value is -2.85. The third kappa shape index (κ3) is 4.83. The molecule has 0 aromatic heterocycles. The number of sulfone groups is 1. The highest BCUT2D eigenvalue weighted by Gasteiger charge is 2.43. The summed E-state index contributed by atoms with van der Waals surface area (Å²) in [5.74, 6) is -0.0281. The third-order valence-electron chi connectivity index (χ3n) is 6.46. The standard InChI is InChI=1S/C22H24N4O6S2/c23-14-17-2-8-21(9-3-17)33(29,30)13-1-12-25-19-4-5-20(25)16-24(15-19)34(31,32)22-10-6-18(7-11-22)26(27)28/h2-3,6-11,19-20H,1,4-5,12-13,15-16H2. The maximum Gasteiger partial charge on any atom is 0.269 e. The summed E-state index contributed by atoms with van der Waals surface area (Å²) >= 11 is 0. The first-order valence-electron chi connectivity index (χ1n) is 10.8. The number of hydrogen-bond donors (Lipinski definition) is 0. The Morgan fingerprint density at radius 3 is 2.03 bits per heavy atom. The zero-order valence-corrected chi connectivity index (χ0v) is 19.9. The highest BCUT2D eigenvalue weighted by molar-refractivity contribution is 7.91. The molecule has 0 saturated carbocycles. The number of nitro benzene ring substituents is 1. The topological polar surface area (TPSA) is 142 Å². The van der Waals surface area contributed by atoms with E-state index in [-0.39, 0.29) is 33.3 Å². The summed E-state index contributed by atoms with van der Waals surface area (Å²) in [6.07, 6.45) is 2.09. The Morgan fingerprint density at radius 2 is 1.50 bits per heavy atom. The maximum absolute atomic E-state index is 13.1. The maximum atomic E-state index is 13.1. The van der Waals surface area contributed by atoms with Crippen molar-refractivity contribution in [2.24, 2.45) is 0 Å². The molecule has 2 atom stereocenters. The van der Waals surface area contributed by atoms with E-state index < -0.39 is 24.8 Å². The molecule has 34 heavy (non-hydrogen) atoms. The van der Waals surface area contributed by atoms with Crippen LogP contribution in [0.2, 0.25) is 0 Å². The van der Waals surface area contributed by atoms with Gasteiger partial charge in [0.1, 0.15) is 0 Å². The molecule has 0 radical (unpaired) electrons. The van der Waals surface area contributed by atoms with E-state index in [0.29, 0.717) is 31.6 Å². The van der Waals surface area contributed by atoms with Crippen molar-refractivity contribution in [3.63, 3.8) is 0 Å². The van der Waals surface area contributed by atoms with Crippen LogP contribution in [0.15, 0.2) is 58.3 Å². The number of piperazine rings is 1. The second-order valence-electron chi connectivity index (χ2n) is 8.50. The molecular weight excluding hydrogens is 480 g/mol. The van der Waals surface area contributed by atoms with E-state index >= 15 is 0 Å². The molecule has 2 aliphatic heterocycles. The summed E-state index contributed by atoms with van der Waals surface area (Å²) in [6, 6.07) is 12.7. The summed E-state index contributed by atoms with van der Waals surface area (Å²) in [7, 11) is -7.24. The molecule has 2 fully saturated rings. The second kappa shape index (κ2) is 9.42. The molecule has 0 N–H and O–H groups in total. The lowest BCUT2D eigenvalue weighted by atomic mass is 10.2. The summed E-state index contributed by atoms with van der Waals surface area (Å²) in [5.41, 5.74) is 0.233. The molecule has 2 aliphatic rings. The molecule has 2 aromatic rings. The number of nitro groups is 1. The van der Waals surface area contributed by atoms with E-state index in [4.69, 9.17) is 5.26 Å². The molecule has 2 unspecified atom stereocenters. The van der Waals surface area contributed by atoms with Crippen LogP contribution >= 0.6 is 0 Å². The zero-order valence-electron chi connectivity index (χ0n) is 18.3. The fraction of sp³-hybridized carbons (Fsp3) is 0.409. The first-order valence-corrected chi connectivity index (χ1v) is 13.9. The molecule has 0 aliphatic carbocycles. The van der Waals surface area contributed by atoms with Crippen molar-refractivity contribution in [2.45, 2.75) is 41.1 Å². The van der Waals surface area contributed by atoms with Gasteiger partial charge in [-0.25, -0.2) is 16.8 Å². The van der Waals surface area contributed by atoms with Gasteiger partial charge >= 0.3 is 0 Å². The minimum atomic E-state index is -3.77. The molecule has 4 rings (SSSR count). The molecule has 2 saturated heterocycles. The van der Waals surface area contributed by atoms with Gasteiger partial charge in [-0.3, -0.25) is 15.0 Å². The first-order chi connectivity index (χ1) is 16.1. The molecule has 10 nitrogen and oxygen atoms in total. The largest absolute Gasteiger partial charge is 0.295 e. The number of benzene rings is 2. The van der Waals surface area contributed by atoms with Crippen molar-refractivity contribution in [3.05, 3.63) is 64.2 Å². The average molecular weight is 505 g/mol. The van der Waals surface area contributed by atoms with Crippen LogP contribution in [0.1, 0.15) is 24.8 Å². The highest BCUT2D eigenvalue weighted by atomic mass is 32.2. The number of sulfonamides is 1. The minimum absolute atomic E-state index is 0.00388. The number of nitrogens with zero attached hydrogens (tertiary/aromatic N) is 4. The quantitative estimate of drug-likeness (QED) is 0.393. The predicted molar refractivity (Wildman–Crippen MR) is 123 cm³/mol. The van der Waals surface area contributed by atoms with Crippen molar-refractivity contribution in [2.75, 3.05) is 25.4 Å². The van der Waals surface area contributed by atoms with Gasteiger partial charge in [-0.05, 0) is 62.2 Å². The number of fused-ring (bicyclic) bond motifs is 2. The van der Waals surface area contributed by atoms with Gasteiger partial charge in [0.25, 0.3) is 5.69 Å². The van der Waals surface area contributed by atoms with Gasteiger partial charge in [-0.1, -0.05) is 0 Å². The van der Waals surface area contributed by atoms with Gasteiger partial charge in [-0.15, -0.1) is 0 Å². The Labute approximate surface area is 198 Å². The minimum Gasteiger partial charge on any atom is -0.295 e. The Balaban J connectivity index is 1.37. The fourth-order valence-corrected chi connectivity index (χ4v) is 7.50. The summed E-state index contributed by atoms with van der Waals surface area (Å²) in [5, 5.41) is 19.7. The van der Waals surface area contributed by atoms with E-state index in [2.05, 4.69) is 4.90 Å². The van der Waals surface area contributed by atoms with Gasteiger partial charge in [0.05, 0.1) is 32.1 Å². The Bertz CT molecular complexity index is 1300. The number of nitriles is 1. The van der Waals surface area contributed by atoms with Gasteiger partial charge in [0.15, 0.2) is 9.84 Å². The lowest BCUT2D eigenvalue weighted by Crippen LogP contribution is -2.55. The Kier molecular flexibility index (Phi) is 6.73. The summed E-state index contributed by atoms with van der Waals surface area (Å²) in [4.78, 5) is 12.7. The van der Waals surface area contributed by atoms with Crippen LogP contribution in [0.4, 0.5) is 5.69 Å². The van der Waals surface area contributed by atoms with Gasteiger partial charge < -0.3 is 0 Å². The zero-order chi connectivity index (χ0) is 24.5. The van der Waals surface area contributed by atoms with Crippen LogP contribution in [0.25, 0.3) is 0 Å². The molecule has 2 bridgehead atoms. The molecule has 0 amide bonds. The van der Waals surface area contributed by atoms with Crippen molar-refractivity contribution in [3.8, 4) is 6.07 Å². The van der Waals surface area contributed by atoms with Gasteiger partial charge in [0.2, 0.25) is 10.0 Å². The van der Waals surface area contributed by atoms with E-state index in [1.165, 1.54) is 52.8 Å². The van der Waals surface area contributed by atoms with Crippen molar-refractivity contribution in [1.82, 2.24) is 9.21 Å². The lowest BCUT2D eigenvalue weighted by molar-refractivity contribution is -0.384. The van der Waals surface area contributed by atoms with Crippen molar-refractivity contribution >= 4 is 25.5 Å². The van der Waals surface area contributed by atoms with Crippen molar-refractivity contribution in [1.29, 1.82) is 5.26 Å².